The normalized spacial score (nSPS) is 11.2. The number of halogens is 1. The third kappa shape index (κ3) is 8.84. The predicted molar refractivity (Wildman–Crippen MR) is 138 cm³/mol. The Kier molecular flexibility index (Phi) is 12.2. The average Bonchev–Trinajstić information content (AvgIpc) is 2.75. The van der Waals surface area contributed by atoms with E-state index in [1.807, 2.05) is 12.1 Å². The summed E-state index contributed by atoms with van der Waals surface area (Å²) in [6, 6.07) is 13.2. The molecule has 0 radical (unpaired) electrons. The molecule has 0 saturated heterocycles. The first-order valence-corrected chi connectivity index (χ1v) is 13.1. The quantitative estimate of drug-likeness (QED) is 0.203. The fourth-order valence-corrected chi connectivity index (χ4v) is 4.77. The molecule has 0 aliphatic heterocycles. The van der Waals surface area contributed by atoms with E-state index in [2.05, 4.69) is 54.0 Å². The number of rotatable bonds is 15. The molecule has 0 heterocycles. The van der Waals surface area contributed by atoms with E-state index in [0.717, 1.165) is 18.5 Å². The van der Waals surface area contributed by atoms with Crippen LogP contribution < -0.4 is 5.73 Å². The molecule has 0 unspecified atom stereocenters. The zero-order valence-corrected chi connectivity index (χ0v) is 20.9. The summed E-state index contributed by atoms with van der Waals surface area (Å²) in [5.41, 5.74) is 12.4. The van der Waals surface area contributed by atoms with Crippen LogP contribution in [0.4, 0.5) is 5.69 Å². The number of nitrogen functional groups attached to an aromatic ring is 1. The van der Waals surface area contributed by atoms with Crippen molar-refractivity contribution < 1.29 is 0 Å². The molecular formula is C28H42BrN. The van der Waals surface area contributed by atoms with Crippen molar-refractivity contribution in [3.63, 3.8) is 0 Å². The fraction of sp³-hybridized carbons (Fsp3) is 0.571. The van der Waals surface area contributed by atoms with Crippen LogP contribution >= 0.6 is 15.9 Å². The van der Waals surface area contributed by atoms with Gasteiger partial charge in [-0.05, 0) is 72.2 Å². The number of aryl methyl sites for hydroxylation is 2. The van der Waals surface area contributed by atoms with Gasteiger partial charge >= 0.3 is 0 Å². The van der Waals surface area contributed by atoms with E-state index >= 15 is 0 Å². The zero-order chi connectivity index (χ0) is 21.6. The molecule has 0 spiro atoms. The minimum Gasteiger partial charge on any atom is -0.399 e. The standard InChI is InChI=1S/C28H42BrN/c1-3-5-7-9-11-13-15-24-22-28(29)25(16-14-12-10-8-6-4-2)21-27(24)23-17-19-26(30)20-18-23/h17-22H,3-16,30H2,1-2H3. The van der Waals surface area contributed by atoms with E-state index in [1.54, 1.807) is 0 Å². The first-order chi connectivity index (χ1) is 14.7. The molecule has 2 rings (SSSR count). The number of hydrogen-bond acceptors (Lipinski definition) is 1. The Hall–Kier alpha value is -1.28. The Morgan fingerprint density at radius 3 is 1.70 bits per heavy atom. The summed E-state index contributed by atoms with van der Waals surface area (Å²) in [5, 5.41) is 0. The Morgan fingerprint density at radius 2 is 1.13 bits per heavy atom. The maximum Gasteiger partial charge on any atom is 0.0314 e. The Morgan fingerprint density at radius 1 is 0.633 bits per heavy atom. The number of nitrogens with two attached hydrogens (primary N) is 1. The van der Waals surface area contributed by atoms with Crippen molar-refractivity contribution >= 4 is 21.6 Å². The van der Waals surface area contributed by atoms with Crippen LogP contribution in [0.15, 0.2) is 40.9 Å². The molecule has 0 fully saturated rings. The zero-order valence-electron chi connectivity index (χ0n) is 19.3. The van der Waals surface area contributed by atoms with Crippen LogP contribution in [0.3, 0.4) is 0 Å². The Balaban J connectivity index is 2.07. The lowest BCUT2D eigenvalue weighted by molar-refractivity contribution is 0.605. The fourth-order valence-electron chi connectivity index (χ4n) is 4.18. The highest BCUT2D eigenvalue weighted by molar-refractivity contribution is 9.10. The highest BCUT2D eigenvalue weighted by Gasteiger charge is 2.11. The SMILES string of the molecule is CCCCCCCCc1cc(-c2ccc(N)cc2)c(CCCCCCCC)cc1Br. The van der Waals surface area contributed by atoms with Crippen LogP contribution in [0.2, 0.25) is 0 Å². The van der Waals surface area contributed by atoms with E-state index in [1.165, 1.54) is 104 Å². The van der Waals surface area contributed by atoms with Gasteiger partial charge in [-0.15, -0.1) is 0 Å². The molecule has 2 aromatic rings. The monoisotopic (exact) mass is 471 g/mol. The molecule has 30 heavy (non-hydrogen) atoms. The summed E-state index contributed by atoms with van der Waals surface area (Å²) in [4.78, 5) is 0. The maximum atomic E-state index is 5.94. The lowest BCUT2D eigenvalue weighted by Crippen LogP contribution is -1.97. The molecule has 0 bridgehead atoms. The van der Waals surface area contributed by atoms with Crippen LogP contribution in [-0.2, 0) is 12.8 Å². The van der Waals surface area contributed by atoms with Crippen molar-refractivity contribution in [2.45, 2.75) is 104 Å². The second kappa shape index (κ2) is 14.7. The predicted octanol–water partition coefficient (Wildman–Crippen LogP) is 9.50. The van der Waals surface area contributed by atoms with Crippen molar-refractivity contribution in [3.05, 3.63) is 52.0 Å². The summed E-state index contributed by atoms with van der Waals surface area (Å²) < 4.78 is 1.29. The number of benzene rings is 2. The van der Waals surface area contributed by atoms with Gasteiger partial charge in [0.1, 0.15) is 0 Å². The summed E-state index contributed by atoms with van der Waals surface area (Å²) in [6.45, 7) is 4.56. The summed E-state index contributed by atoms with van der Waals surface area (Å²) in [5.74, 6) is 0. The molecular weight excluding hydrogens is 430 g/mol. The molecule has 1 nitrogen and oxygen atoms in total. The Bertz CT molecular complexity index is 720. The average molecular weight is 473 g/mol. The van der Waals surface area contributed by atoms with Crippen LogP contribution in [0.25, 0.3) is 11.1 Å². The minimum absolute atomic E-state index is 0.834. The van der Waals surface area contributed by atoms with Crippen molar-refractivity contribution in [1.29, 1.82) is 0 Å². The van der Waals surface area contributed by atoms with Crippen molar-refractivity contribution in [3.8, 4) is 11.1 Å². The van der Waals surface area contributed by atoms with Crippen LogP contribution in [-0.4, -0.2) is 0 Å². The molecule has 2 heteroatoms. The van der Waals surface area contributed by atoms with Gasteiger partial charge in [0, 0.05) is 10.2 Å². The summed E-state index contributed by atoms with van der Waals surface area (Å²) in [7, 11) is 0. The topological polar surface area (TPSA) is 26.0 Å². The van der Waals surface area contributed by atoms with E-state index in [9.17, 15) is 0 Å². The van der Waals surface area contributed by atoms with Crippen molar-refractivity contribution in [2.24, 2.45) is 0 Å². The third-order valence-electron chi connectivity index (χ3n) is 6.09. The van der Waals surface area contributed by atoms with Crippen LogP contribution in [0, 0.1) is 0 Å². The van der Waals surface area contributed by atoms with Gasteiger partial charge in [-0.3, -0.25) is 0 Å². The molecule has 2 aromatic carbocycles. The second-order valence-electron chi connectivity index (χ2n) is 8.76. The first kappa shape index (κ1) is 25.0. The molecule has 166 valence electrons. The number of unbranched alkanes of at least 4 members (excludes halogenated alkanes) is 10. The Labute approximate surface area is 194 Å². The molecule has 2 N–H and O–H groups in total. The van der Waals surface area contributed by atoms with E-state index in [4.69, 9.17) is 5.73 Å². The summed E-state index contributed by atoms with van der Waals surface area (Å²) >= 11 is 3.88. The van der Waals surface area contributed by atoms with Gasteiger partial charge in [-0.25, -0.2) is 0 Å². The lowest BCUT2D eigenvalue weighted by Gasteiger charge is -2.15. The molecule has 0 saturated carbocycles. The largest absolute Gasteiger partial charge is 0.399 e. The summed E-state index contributed by atoms with van der Waals surface area (Å²) in [6.07, 6.45) is 18.4. The van der Waals surface area contributed by atoms with Gasteiger partial charge in [-0.1, -0.05) is 106 Å². The molecule has 0 aliphatic carbocycles. The molecule has 0 aromatic heterocycles. The first-order valence-electron chi connectivity index (χ1n) is 12.3. The van der Waals surface area contributed by atoms with Crippen molar-refractivity contribution in [2.75, 3.05) is 5.73 Å². The van der Waals surface area contributed by atoms with Crippen molar-refractivity contribution in [1.82, 2.24) is 0 Å². The number of hydrogen-bond donors (Lipinski definition) is 1. The highest BCUT2D eigenvalue weighted by Crippen LogP contribution is 2.32. The van der Waals surface area contributed by atoms with Gasteiger partial charge in [0.15, 0.2) is 0 Å². The molecule has 0 amide bonds. The second-order valence-corrected chi connectivity index (χ2v) is 9.61. The van der Waals surface area contributed by atoms with Gasteiger partial charge in [0.05, 0.1) is 0 Å². The number of anilines is 1. The van der Waals surface area contributed by atoms with Crippen LogP contribution in [0.1, 0.15) is 102 Å². The smallest absolute Gasteiger partial charge is 0.0314 e. The van der Waals surface area contributed by atoms with E-state index < -0.39 is 0 Å². The minimum atomic E-state index is 0.834. The van der Waals surface area contributed by atoms with Gasteiger partial charge < -0.3 is 5.73 Å². The van der Waals surface area contributed by atoms with Gasteiger partial charge in [0.25, 0.3) is 0 Å². The maximum absolute atomic E-state index is 5.94. The lowest BCUT2D eigenvalue weighted by atomic mass is 9.92. The van der Waals surface area contributed by atoms with Gasteiger partial charge in [-0.2, -0.15) is 0 Å². The van der Waals surface area contributed by atoms with E-state index in [0.29, 0.717) is 0 Å². The van der Waals surface area contributed by atoms with E-state index in [-0.39, 0.29) is 0 Å². The molecule has 0 aliphatic rings. The van der Waals surface area contributed by atoms with Crippen LogP contribution in [0.5, 0.6) is 0 Å². The van der Waals surface area contributed by atoms with Gasteiger partial charge in [0.2, 0.25) is 0 Å². The highest BCUT2D eigenvalue weighted by atomic mass is 79.9. The molecule has 0 atom stereocenters. The third-order valence-corrected chi connectivity index (χ3v) is 6.83.